The Bertz CT molecular complexity index is 450. The second-order valence-corrected chi connectivity index (χ2v) is 5.38. The average Bonchev–Trinajstić information content (AvgIpc) is 2.61. The van der Waals surface area contributed by atoms with E-state index in [0.29, 0.717) is 22.5 Å². The first-order valence-corrected chi connectivity index (χ1v) is 6.46. The summed E-state index contributed by atoms with van der Waals surface area (Å²) in [4.78, 5) is 0. The number of rotatable bonds is 2. The molecule has 3 atom stereocenters. The van der Waals surface area contributed by atoms with Crippen molar-refractivity contribution >= 4 is 17.3 Å². The molecule has 0 aliphatic heterocycles. The van der Waals surface area contributed by atoms with Gasteiger partial charge in [-0.2, -0.15) is 5.26 Å². The van der Waals surface area contributed by atoms with Crippen LogP contribution < -0.4 is 5.32 Å². The van der Waals surface area contributed by atoms with Gasteiger partial charge in [-0.05, 0) is 42.9 Å². The molecule has 0 radical (unpaired) electrons. The van der Waals surface area contributed by atoms with Crippen LogP contribution in [-0.2, 0) is 0 Å². The van der Waals surface area contributed by atoms with Crippen LogP contribution in [0.4, 0.5) is 5.69 Å². The van der Waals surface area contributed by atoms with E-state index in [1.807, 2.05) is 12.1 Å². The summed E-state index contributed by atoms with van der Waals surface area (Å²) < 4.78 is 0. The van der Waals surface area contributed by atoms with Gasteiger partial charge in [0.05, 0.1) is 10.6 Å². The van der Waals surface area contributed by atoms with Crippen LogP contribution in [0.25, 0.3) is 0 Å². The molecule has 1 saturated carbocycles. The van der Waals surface area contributed by atoms with Gasteiger partial charge in [0.2, 0.25) is 0 Å². The van der Waals surface area contributed by atoms with E-state index in [2.05, 4.69) is 25.2 Å². The summed E-state index contributed by atoms with van der Waals surface area (Å²) in [6.45, 7) is 4.60. The van der Waals surface area contributed by atoms with E-state index >= 15 is 0 Å². The van der Waals surface area contributed by atoms with Gasteiger partial charge in [0.1, 0.15) is 6.07 Å². The van der Waals surface area contributed by atoms with E-state index < -0.39 is 0 Å². The molecule has 0 spiro atoms. The summed E-state index contributed by atoms with van der Waals surface area (Å²) in [5.41, 5.74) is 1.55. The lowest BCUT2D eigenvalue weighted by Gasteiger charge is -2.21. The second kappa shape index (κ2) is 4.98. The molecule has 0 aromatic heterocycles. The lowest BCUT2D eigenvalue weighted by molar-refractivity contribution is 0.435. The van der Waals surface area contributed by atoms with Crippen molar-refractivity contribution in [2.45, 2.75) is 32.7 Å². The quantitative estimate of drug-likeness (QED) is 0.857. The van der Waals surface area contributed by atoms with Gasteiger partial charge in [0.25, 0.3) is 0 Å². The smallest absolute Gasteiger partial charge is 0.101 e. The Hall–Kier alpha value is -1.20. The van der Waals surface area contributed by atoms with Gasteiger partial charge in [0.15, 0.2) is 0 Å². The van der Waals surface area contributed by atoms with E-state index in [1.165, 1.54) is 12.8 Å². The first kappa shape index (κ1) is 12.3. The first-order valence-electron chi connectivity index (χ1n) is 6.08. The maximum Gasteiger partial charge on any atom is 0.101 e. The highest BCUT2D eigenvalue weighted by Crippen LogP contribution is 2.33. The average molecular weight is 249 g/mol. The first-order chi connectivity index (χ1) is 8.11. The molecule has 1 aliphatic rings. The third-order valence-corrected chi connectivity index (χ3v) is 4.22. The highest BCUT2D eigenvalue weighted by Gasteiger charge is 2.29. The minimum Gasteiger partial charge on any atom is -0.382 e. The summed E-state index contributed by atoms with van der Waals surface area (Å²) >= 11 is 6.02. The molecule has 1 aromatic carbocycles. The monoisotopic (exact) mass is 248 g/mol. The van der Waals surface area contributed by atoms with Crippen molar-refractivity contribution in [1.29, 1.82) is 5.26 Å². The fourth-order valence-corrected chi connectivity index (χ4v) is 2.70. The van der Waals surface area contributed by atoms with Crippen molar-refractivity contribution < 1.29 is 0 Å². The lowest BCUT2D eigenvalue weighted by atomic mass is 9.97. The van der Waals surface area contributed by atoms with Crippen LogP contribution in [0.5, 0.6) is 0 Å². The van der Waals surface area contributed by atoms with E-state index in [9.17, 15) is 0 Å². The molecule has 90 valence electrons. The normalized spacial score (nSPS) is 27.8. The molecule has 0 bridgehead atoms. The van der Waals surface area contributed by atoms with Gasteiger partial charge in [-0.1, -0.05) is 25.4 Å². The zero-order valence-electron chi connectivity index (χ0n) is 10.2. The third kappa shape index (κ3) is 2.56. The van der Waals surface area contributed by atoms with Crippen molar-refractivity contribution in [2.24, 2.45) is 11.8 Å². The summed E-state index contributed by atoms with van der Waals surface area (Å²) in [6, 6.07) is 8.14. The van der Waals surface area contributed by atoms with Crippen LogP contribution in [0.2, 0.25) is 5.02 Å². The molecular weight excluding hydrogens is 232 g/mol. The van der Waals surface area contributed by atoms with Crippen molar-refractivity contribution in [2.75, 3.05) is 5.32 Å². The molecule has 2 nitrogen and oxygen atoms in total. The van der Waals surface area contributed by atoms with Gasteiger partial charge in [-0.15, -0.1) is 0 Å². The van der Waals surface area contributed by atoms with Crippen LogP contribution >= 0.6 is 11.6 Å². The van der Waals surface area contributed by atoms with Crippen molar-refractivity contribution in [3.63, 3.8) is 0 Å². The van der Waals surface area contributed by atoms with Gasteiger partial charge in [0, 0.05) is 11.7 Å². The van der Waals surface area contributed by atoms with Crippen LogP contribution in [0.3, 0.4) is 0 Å². The zero-order chi connectivity index (χ0) is 12.4. The molecule has 1 aromatic rings. The predicted octanol–water partition coefficient (Wildman–Crippen LogP) is 4.06. The van der Waals surface area contributed by atoms with E-state index in [1.54, 1.807) is 6.07 Å². The maximum atomic E-state index is 8.82. The Morgan fingerprint density at radius 1 is 1.35 bits per heavy atom. The molecule has 2 rings (SSSR count). The molecule has 3 heteroatoms. The molecule has 0 amide bonds. The maximum absolute atomic E-state index is 8.82. The molecular formula is C14H17ClN2. The number of hydrogen-bond acceptors (Lipinski definition) is 2. The lowest BCUT2D eigenvalue weighted by Crippen LogP contribution is -2.23. The molecule has 1 N–H and O–H groups in total. The Morgan fingerprint density at radius 3 is 2.65 bits per heavy atom. The molecule has 17 heavy (non-hydrogen) atoms. The SMILES string of the molecule is CC1CCC(Nc2ccc(C#N)c(Cl)c2)C1C. The van der Waals surface area contributed by atoms with Gasteiger partial charge < -0.3 is 5.32 Å². The zero-order valence-corrected chi connectivity index (χ0v) is 11.0. The number of anilines is 1. The Morgan fingerprint density at radius 2 is 2.12 bits per heavy atom. The minimum absolute atomic E-state index is 0.522. The van der Waals surface area contributed by atoms with Gasteiger partial charge >= 0.3 is 0 Å². The summed E-state index contributed by atoms with van der Waals surface area (Å²) in [5, 5.41) is 12.9. The molecule has 1 fully saturated rings. The Kier molecular flexibility index (Phi) is 3.59. The second-order valence-electron chi connectivity index (χ2n) is 4.97. The third-order valence-electron chi connectivity index (χ3n) is 3.91. The largest absolute Gasteiger partial charge is 0.382 e. The van der Waals surface area contributed by atoms with Gasteiger partial charge in [-0.25, -0.2) is 0 Å². The number of nitriles is 1. The Labute approximate surface area is 108 Å². The summed E-state index contributed by atoms with van der Waals surface area (Å²) in [6.07, 6.45) is 2.49. The van der Waals surface area contributed by atoms with Crippen molar-refractivity contribution in [3.8, 4) is 6.07 Å². The number of halogens is 1. The number of hydrogen-bond donors (Lipinski definition) is 1. The summed E-state index contributed by atoms with van der Waals surface area (Å²) in [5.74, 6) is 1.46. The topological polar surface area (TPSA) is 35.8 Å². The van der Waals surface area contributed by atoms with E-state index in [4.69, 9.17) is 16.9 Å². The minimum atomic E-state index is 0.522. The number of nitrogens with zero attached hydrogens (tertiary/aromatic N) is 1. The number of benzene rings is 1. The molecule has 1 aliphatic carbocycles. The molecule has 0 saturated heterocycles. The predicted molar refractivity (Wildman–Crippen MR) is 71.1 cm³/mol. The van der Waals surface area contributed by atoms with Gasteiger partial charge in [-0.3, -0.25) is 0 Å². The number of nitrogens with one attached hydrogen (secondary N) is 1. The summed E-state index contributed by atoms with van der Waals surface area (Å²) in [7, 11) is 0. The fraction of sp³-hybridized carbons (Fsp3) is 0.500. The van der Waals surface area contributed by atoms with Crippen LogP contribution in [0, 0.1) is 23.2 Å². The van der Waals surface area contributed by atoms with Crippen molar-refractivity contribution in [1.82, 2.24) is 0 Å². The standard InChI is InChI=1S/C14H17ClN2/c1-9-3-6-14(10(9)2)17-12-5-4-11(8-16)13(15)7-12/h4-5,7,9-10,14,17H,3,6H2,1-2H3. The van der Waals surface area contributed by atoms with E-state index in [-0.39, 0.29) is 0 Å². The Balaban J connectivity index is 2.10. The van der Waals surface area contributed by atoms with Crippen molar-refractivity contribution in [3.05, 3.63) is 28.8 Å². The molecule has 0 heterocycles. The molecule has 3 unspecified atom stereocenters. The highest BCUT2D eigenvalue weighted by atomic mass is 35.5. The fourth-order valence-electron chi connectivity index (χ4n) is 2.48. The van der Waals surface area contributed by atoms with Crippen LogP contribution in [0.15, 0.2) is 18.2 Å². The van der Waals surface area contributed by atoms with E-state index in [0.717, 1.165) is 11.6 Å². The van der Waals surface area contributed by atoms with Crippen LogP contribution in [0.1, 0.15) is 32.3 Å². The highest BCUT2D eigenvalue weighted by molar-refractivity contribution is 6.32. The van der Waals surface area contributed by atoms with Crippen LogP contribution in [-0.4, -0.2) is 6.04 Å².